The molecule has 1 aromatic rings. The summed E-state index contributed by atoms with van der Waals surface area (Å²) in [6, 6.07) is 4.32. The van der Waals surface area contributed by atoms with Gasteiger partial charge in [0, 0.05) is 37.6 Å². The van der Waals surface area contributed by atoms with Crippen molar-refractivity contribution in [3.63, 3.8) is 0 Å². The summed E-state index contributed by atoms with van der Waals surface area (Å²) in [7, 11) is 0. The van der Waals surface area contributed by atoms with Gasteiger partial charge in [-0.1, -0.05) is 13.8 Å². The first-order chi connectivity index (χ1) is 9.20. The van der Waals surface area contributed by atoms with Gasteiger partial charge in [0.2, 0.25) is 0 Å². The Morgan fingerprint density at radius 1 is 1.37 bits per heavy atom. The smallest absolute Gasteiger partial charge is 0.127 e. The third-order valence-electron chi connectivity index (χ3n) is 4.18. The van der Waals surface area contributed by atoms with Gasteiger partial charge in [-0.25, -0.2) is 4.98 Å². The largest absolute Gasteiger partial charge is 0.371 e. The first-order valence-corrected chi connectivity index (χ1v) is 7.65. The number of rotatable bonds is 4. The highest BCUT2D eigenvalue weighted by Crippen LogP contribution is 2.27. The third kappa shape index (κ3) is 3.85. The topological polar surface area (TPSA) is 28.2 Å². The van der Waals surface area contributed by atoms with Gasteiger partial charge in [0.05, 0.1) is 0 Å². The molecule has 1 atom stereocenters. The number of aromatic nitrogens is 1. The highest BCUT2D eigenvalue weighted by atomic mass is 15.1. The summed E-state index contributed by atoms with van der Waals surface area (Å²) in [6.07, 6.45) is 5.91. The number of nitrogens with zero attached hydrogens (tertiary/aromatic N) is 2. The molecule has 1 unspecified atom stereocenters. The zero-order valence-electron chi connectivity index (χ0n) is 12.5. The van der Waals surface area contributed by atoms with E-state index < -0.39 is 0 Å². The second-order valence-electron chi connectivity index (χ2n) is 5.85. The second kappa shape index (κ2) is 6.78. The molecule has 0 spiro atoms. The van der Waals surface area contributed by atoms with E-state index >= 15 is 0 Å². The van der Waals surface area contributed by atoms with E-state index in [4.69, 9.17) is 0 Å². The van der Waals surface area contributed by atoms with Gasteiger partial charge < -0.3 is 10.2 Å². The molecule has 2 heterocycles. The van der Waals surface area contributed by atoms with Crippen molar-refractivity contribution in [1.82, 2.24) is 4.98 Å². The summed E-state index contributed by atoms with van der Waals surface area (Å²) in [5.41, 5.74) is 1.32. The van der Waals surface area contributed by atoms with Crippen molar-refractivity contribution in [3.8, 4) is 0 Å². The van der Waals surface area contributed by atoms with Crippen molar-refractivity contribution in [1.29, 1.82) is 0 Å². The molecule has 0 aromatic carbocycles. The minimum absolute atomic E-state index is 0.815. The van der Waals surface area contributed by atoms with E-state index in [-0.39, 0.29) is 0 Å². The summed E-state index contributed by atoms with van der Waals surface area (Å²) in [5.74, 6) is 2.69. The monoisotopic (exact) mass is 261 g/mol. The Kier molecular flexibility index (Phi) is 5.06. The lowest BCUT2D eigenvalue weighted by Gasteiger charge is -2.24. The Hall–Kier alpha value is -1.25. The van der Waals surface area contributed by atoms with Crippen LogP contribution in [0.25, 0.3) is 0 Å². The number of anilines is 2. The summed E-state index contributed by atoms with van der Waals surface area (Å²) in [5, 5.41) is 3.29. The van der Waals surface area contributed by atoms with Crippen molar-refractivity contribution in [2.24, 2.45) is 11.8 Å². The molecule has 1 saturated heterocycles. The Balaban J connectivity index is 2.03. The molecule has 0 bridgehead atoms. The van der Waals surface area contributed by atoms with Crippen molar-refractivity contribution < 1.29 is 0 Å². The van der Waals surface area contributed by atoms with Gasteiger partial charge in [0.15, 0.2) is 0 Å². The highest BCUT2D eigenvalue weighted by molar-refractivity contribution is 5.53. The predicted octanol–water partition coefficient (Wildman–Crippen LogP) is 3.78. The number of nitrogens with one attached hydrogen (secondary N) is 1. The molecule has 0 saturated carbocycles. The molecule has 0 radical (unpaired) electrons. The maximum absolute atomic E-state index is 4.35. The van der Waals surface area contributed by atoms with E-state index in [9.17, 15) is 0 Å². The third-order valence-corrected chi connectivity index (χ3v) is 4.18. The summed E-state index contributed by atoms with van der Waals surface area (Å²) >= 11 is 0. The molecule has 0 amide bonds. The van der Waals surface area contributed by atoms with E-state index in [0.717, 1.165) is 24.2 Å². The van der Waals surface area contributed by atoms with E-state index in [0.29, 0.717) is 0 Å². The van der Waals surface area contributed by atoms with Crippen molar-refractivity contribution in [2.75, 3.05) is 29.9 Å². The lowest BCUT2D eigenvalue weighted by atomic mass is 9.89. The van der Waals surface area contributed by atoms with Crippen molar-refractivity contribution in [2.45, 2.75) is 40.0 Å². The van der Waals surface area contributed by atoms with Crippen LogP contribution in [-0.4, -0.2) is 24.6 Å². The van der Waals surface area contributed by atoms with E-state index in [1.54, 1.807) is 0 Å². The van der Waals surface area contributed by atoms with Crippen LogP contribution >= 0.6 is 0 Å². The van der Waals surface area contributed by atoms with E-state index in [1.165, 1.54) is 38.0 Å². The molecule has 106 valence electrons. The molecule has 3 nitrogen and oxygen atoms in total. The first kappa shape index (κ1) is 14.2. The second-order valence-corrected chi connectivity index (χ2v) is 5.85. The summed E-state index contributed by atoms with van der Waals surface area (Å²) in [6.45, 7) is 10.1. The minimum Gasteiger partial charge on any atom is -0.371 e. The summed E-state index contributed by atoms with van der Waals surface area (Å²) < 4.78 is 0. The Bertz CT molecular complexity index is 389. The van der Waals surface area contributed by atoms with Gasteiger partial charge in [-0.3, -0.25) is 0 Å². The van der Waals surface area contributed by atoms with Crippen LogP contribution in [0.5, 0.6) is 0 Å². The average Bonchev–Trinajstić information content (AvgIpc) is 2.65. The lowest BCUT2D eigenvalue weighted by molar-refractivity contribution is 0.351. The number of hydrogen-bond acceptors (Lipinski definition) is 3. The molecular weight excluding hydrogens is 234 g/mol. The van der Waals surface area contributed by atoms with Crippen LogP contribution in [0.4, 0.5) is 11.5 Å². The van der Waals surface area contributed by atoms with Gasteiger partial charge in [-0.2, -0.15) is 0 Å². The van der Waals surface area contributed by atoms with Gasteiger partial charge in [-0.05, 0) is 44.1 Å². The van der Waals surface area contributed by atoms with Crippen LogP contribution < -0.4 is 10.2 Å². The van der Waals surface area contributed by atoms with Gasteiger partial charge >= 0.3 is 0 Å². The fraction of sp³-hybridized carbons (Fsp3) is 0.688. The quantitative estimate of drug-likeness (QED) is 0.894. The SMILES string of the molecule is CCNc1cc(N2CCCC(C(C)C)CC2)ccn1. The van der Waals surface area contributed by atoms with Crippen LogP contribution in [0.3, 0.4) is 0 Å². The zero-order valence-corrected chi connectivity index (χ0v) is 12.5. The maximum atomic E-state index is 4.35. The molecular formula is C16H27N3. The van der Waals surface area contributed by atoms with Gasteiger partial charge in [0.1, 0.15) is 5.82 Å². The van der Waals surface area contributed by atoms with Gasteiger partial charge in [-0.15, -0.1) is 0 Å². The molecule has 1 aliphatic heterocycles. The Labute approximate surface area is 117 Å². The zero-order chi connectivity index (χ0) is 13.7. The van der Waals surface area contributed by atoms with Crippen molar-refractivity contribution >= 4 is 11.5 Å². The normalized spacial score (nSPS) is 20.4. The van der Waals surface area contributed by atoms with Crippen LogP contribution in [0.15, 0.2) is 18.3 Å². The Morgan fingerprint density at radius 3 is 2.95 bits per heavy atom. The molecule has 1 fully saturated rings. The molecule has 19 heavy (non-hydrogen) atoms. The van der Waals surface area contributed by atoms with Crippen LogP contribution in [0.1, 0.15) is 40.0 Å². The van der Waals surface area contributed by atoms with Crippen LogP contribution in [0.2, 0.25) is 0 Å². The molecule has 2 rings (SSSR count). The van der Waals surface area contributed by atoms with Gasteiger partial charge in [0.25, 0.3) is 0 Å². The fourth-order valence-corrected chi connectivity index (χ4v) is 2.94. The molecule has 0 aliphatic carbocycles. The predicted molar refractivity (Wildman–Crippen MR) is 82.8 cm³/mol. The summed E-state index contributed by atoms with van der Waals surface area (Å²) in [4.78, 5) is 6.87. The molecule has 1 aliphatic rings. The first-order valence-electron chi connectivity index (χ1n) is 7.65. The highest BCUT2D eigenvalue weighted by Gasteiger charge is 2.19. The molecule has 1 aromatic heterocycles. The Morgan fingerprint density at radius 2 is 2.21 bits per heavy atom. The minimum atomic E-state index is 0.815. The van der Waals surface area contributed by atoms with E-state index in [1.807, 2.05) is 6.20 Å². The average molecular weight is 261 g/mol. The van der Waals surface area contributed by atoms with E-state index in [2.05, 4.69) is 48.1 Å². The maximum Gasteiger partial charge on any atom is 0.127 e. The fourth-order valence-electron chi connectivity index (χ4n) is 2.94. The van der Waals surface area contributed by atoms with Crippen molar-refractivity contribution in [3.05, 3.63) is 18.3 Å². The lowest BCUT2D eigenvalue weighted by Crippen LogP contribution is -2.24. The number of pyridine rings is 1. The van der Waals surface area contributed by atoms with Crippen LogP contribution in [0, 0.1) is 11.8 Å². The standard InChI is InChI=1S/C16H27N3/c1-4-17-16-12-15(7-9-18-16)19-10-5-6-14(8-11-19)13(2)3/h7,9,12-14H,4-6,8,10-11H2,1-3H3,(H,17,18). The number of hydrogen-bond donors (Lipinski definition) is 1. The van der Waals surface area contributed by atoms with Crippen LogP contribution in [-0.2, 0) is 0 Å². The molecule has 1 N–H and O–H groups in total. The molecule has 3 heteroatoms.